The summed E-state index contributed by atoms with van der Waals surface area (Å²) in [5, 5.41) is 0.737. The largest absolute Gasteiger partial charge is 0.494 e. The van der Waals surface area contributed by atoms with Gasteiger partial charge in [0.15, 0.2) is 0 Å². The molecular weight excluding hydrogens is 274 g/mol. The van der Waals surface area contributed by atoms with Gasteiger partial charge in [-0.15, -0.1) is 0 Å². The van der Waals surface area contributed by atoms with E-state index < -0.39 is 0 Å². The maximum atomic E-state index is 5.85. The molecule has 0 aliphatic carbocycles. The van der Waals surface area contributed by atoms with Crippen LogP contribution in [-0.4, -0.2) is 62.2 Å². The molecule has 1 aromatic carbocycles. The van der Waals surface area contributed by atoms with E-state index in [1.165, 1.54) is 0 Å². The molecule has 2 N–H and O–H groups in total. The van der Waals surface area contributed by atoms with Crippen LogP contribution in [0.3, 0.4) is 0 Å². The molecule has 4 nitrogen and oxygen atoms in total. The summed E-state index contributed by atoms with van der Waals surface area (Å²) in [7, 11) is 2.16. The van der Waals surface area contributed by atoms with E-state index in [1.807, 2.05) is 24.3 Å². The highest BCUT2D eigenvalue weighted by Crippen LogP contribution is 2.16. The van der Waals surface area contributed by atoms with Gasteiger partial charge in [0.2, 0.25) is 0 Å². The van der Waals surface area contributed by atoms with Gasteiger partial charge in [0, 0.05) is 43.8 Å². The van der Waals surface area contributed by atoms with Gasteiger partial charge in [-0.3, -0.25) is 4.90 Å². The van der Waals surface area contributed by atoms with E-state index in [0.29, 0.717) is 6.04 Å². The van der Waals surface area contributed by atoms with E-state index in [-0.39, 0.29) is 0 Å². The Morgan fingerprint density at radius 3 is 2.75 bits per heavy atom. The van der Waals surface area contributed by atoms with Gasteiger partial charge in [-0.2, -0.15) is 0 Å². The van der Waals surface area contributed by atoms with Crippen molar-refractivity contribution in [3.63, 3.8) is 0 Å². The first kappa shape index (κ1) is 15.6. The molecule has 1 unspecified atom stereocenters. The van der Waals surface area contributed by atoms with E-state index in [9.17, 15) is 0 Å². The Morgan fingerprint density at radius 2 is 2.05 bits per heavy atom. The number of ether oxygens (including phenoxy) is 1. The van der Waals surface area contributed by atoms with E-state index in [0.717, 1.165) is 56.5 Å². The Balaban J connectivity index is 1.68. The highest BCUT2D eigenvalue weighted by atomic mass is 35.5. The quantitative estimate of drug-likeness (QED) is 0.811. The van der Waals surface area contributed by atoms with Crippen LogP contribution >= 0.6 is 11.6 Å². The van der Waals surface area contributed by atoms with E-state index >= 15 is 0 Å². The van der Waals surface area contributed by atoms with Crippen LogP contribution in [-0.2, 0) is 0 Å². The zero-order valence-corrected chi connectivity index (χ0v) is 12.9. The Labute approximate surface area is 126 Å². The fourth-order valence-electron chi connectivity index (χ4n) is 2.55. The number of hydrogen-bond donors (Lipinski definition) is 1. The third-order valence-electron chi connectivity index (χ3n) is 3.75. The summed E-state index contributed by atoms with van der Waals surface area (Å²) in [5.41, 5.74) is 5.85. The molecule has 0 amide bonds. The highest BCUT2D eigenvalue weighted by Gasteiger charge is 2.23. The minimum absolute atomic E-state index is 0.476. The number of likely N-dealkylation sites (N-methyl/N-ethyl adjacent to an activating group) is 1. The van der Waals surface area contributed by atoms with Gasteiger partial charge in [0.1, 0.15) is 5.75 Å². The molecule has 1 atom stereocenters. The fourth-order valence-corrected chi connectivity index (χ4v) is 2.68. The Kier molecular flexibility index (Phi) is 6.10. The second-order valence-electron chi connectivity index (χ2n) is 5.34. The van der Waals surface area contributed by atoms with Gasteiger partial charge in [-0.25, -0.2) is 0 Å². The van der Waals surface area contributed by atoms with Crippen molar-refractivity contribution in [2.45, 2.75) is 12.5 Å². The first-order valence-electron chi connectivity index (χ1n) is 7.20. The number of nitrogens with zero attached hydrogens (tertiary/aromatic N) is 2. The monoisotopic (exact) mass is 297 g/mol. The molecule has 2 rings (SSSR count). The number of benzene rings is 1. The summed E-state index contributed by atoms with van der Waals surface area (Å²) in [4.78, 5) is 4.82. The number of halogens is 1. The van der Waals surface area contributed by atoms with Crippen LogP contribution in [0.2, 0.25) is 5.02 Å². The van der Waals surface area contributed by atoms with Crippen LogP contribution in [0, 0.1) is 0 Å². The van der Waals surface area contributed by atoms with E-state index in [1.54, 1.807) is 0 Å². The van der Waals surface area contributed by atoms with E-state index in [4.69, 9.17) is 22.1 Å². The molecular formula is C15H24ClN3O. The third kappa shape index (κ3) is 4.63. The third-order valence-corrected chi connectivity index (χ3v) is 4.00. The molecule has 1 heterocycles. The smallest absolute Gasteiger partial charge is 0.119 e. The zero-order valence-electron chi connectivity index (χ0n) is 12.1. The predicted molar refractivity (Wildman–Crippen MR) is 83.5 cm³/mol. The Bertz CT molecular complexity index is 399. The maximum Gasteiger partial charge on any atom is 0.119 e. The van der Waals surface area contributed by atoms with Crippen molar-refractivity contribution in [1.29, 1.82) is 0 Å². The normalized spacial score (nSPS) is 21.1. The maximum absolute atomic E-state index is 5.85. The summed E-state index contributed by atoms with van der Waals surface area (Å²) < 4.78 is 5.72. The minimum Gasteiger partial charge on any atom is -0.494 e. The second kappa shape index (κ2) is 7.84. The molecule has 20 heavy (non-hydrogen) atoms. The van der Waals surface area contributed by atoms with Crippen molar-refractivity contribution < 1.29 is 4.74 Å². The molecule has 1 aromatic rings. The van der Waals surface area contributed by atoms with Crippen molar-refractivity contribution >= 4 is 11.6 Å². The molecule has 1 fully saturated rings. The molecule has 1 aliphatic heterocycles. The van der Waals surface area contributed by atoms with Crippen LogP contribution in [0.25, 0.3) is 0 Å². The topological polar surface area (TPSA) is 41.7 Å². The lowest BCUT2D eigenvalue weighted by molar-refractivity contribution is 0.0890. The number of rotatable bonds is 6. The molecule has 0 saturated carbocycles. The first-order chi connectivity index (χ1) is 9.69. The average Bonchev–Trinajstić information content (AvgIpc) is 2.46. The van der Waals surface area contributed by atoms with Gasteiger partial charge in [-0.05, 0) is 37.7 Å². The summed E-state index contributed by atoms with van der Waals surface area (Å²) in [5.74, 6) is 0.878. The van der Waals surface area contributed by atoms with Gasteiger partial charge in [0.05, 0.1) is 6.61 Å². The van der Waals surface area contributed by atoms with Crippen LogP contribution < -0.4 is 10.5 Å². The fraction of sp³-hybridized carbons (Fsp3) is 0.600. The van der Waals surface area contributed by atoms with Crippen molar-refractivity contribution in [3.05, 3.63) is 29.3 Å². The van der Waals surface area contributed by atoms with E-state index in [2.05, 4.69) is 16.8 Å². The van der Waals surface area contributed by atoms with Crippen molar-refractivity contribution in [1.82, 2.24) is 9.80 Å². The van der Waals surface area contributed by atoms with Crippen LogP contribution in [0.4, 0.5) is 0 Å². The number of nitrogens with two attached hydrogens (primary N) is 1. The van der Waals surface area contributed by atoms with Crippen molar-refractivity contribution in [3.8, 4) is 5.75 Å². The first-order valence-corrected chi connectivity index (χ1v) is 7.58. The van der Waals surface area contributed by atoms with Crippen LogP contribution in [0.1, 0.15) is 6.42 Å². The minimum atomic E-state index is 0.476. The zero-order chi connectivity index (χ0) is 14.4. The molecule has 1 saturated heterocycles. The molecule has 1 aliphatic rings. The van der Waals surface area contributed by atoms with Gasteiger partial charge >= 0.3 is 0 Å². The van der Waals surface area contributed by atoms with Crippen molar-refractivity contribution in [2.24, 2.45) is 5.73 Å². The molecule has 0 aromatic heterocycles. The van der Waals surface area contributed by atoms with Crippen LogP contribution in [0.5, 0.6) is 5.75 Å². The summed E-state index contributed by atoms with van der Waals surface area (Å²) >= 11 is 5.84. The summed E-state index contributed by atoms with van der Waals surface area (Å²) in [6.07, 6.45) is 1.02. The Morgan fingerprint density at radius 1 is 1.30 bits per heavy atom. The SMILES string of the molecule is CN1CCN(CCCOc2ccc(Cl)cc2)C(CN)C1. The summed E-state index contributed by atoms with van der Waals surface area (Å²) in [6.45, 7) is 5.78. The van der Waals surface area contributed by atoms with Gasteiger partial charge in [-0.1, -0.05) is 11.6 Å². The predicted octanol–water partition coefficient (Wildman–Crippen LogP) is 1.68. The highest BCUT2D eigenvalue weighted by molar-refractivity contribution is 6.30. The second-order valence-corrected chi connectivity index (χ2v) is 5.78. The summed E-state index contributed by atoms with van der Waals surface area (Å²) in [6, 6.07) is 7.98. The van der Waals surface area contributed by atoms with Crippen molar-refractivity contribution in [2.75, 3.05) is 46.4 Å². The van der Waals surface area contributed by atoms with Gasteiger partial charge < -0.3 is 15.4 Å². The molecule has 0 spiro atoms. The number of piperazine rings is 1. The average molecular weight is 298 g/mol. The standard InChI is InChI=1S/C15H24ClN3O/c1-18-8-9-19(14(11-17)12-18)7-2-10-20-15-5-3-13(16)4-6-15/h3-6,14H,2,7-12,17H2,1H3. The number of hydrogen-bond acceptors (Lipinski definition) is 4. The molecule has 112 valence electrons. The van der Waals surface area contributed by atoms with Gasteiger partial charge in [0.25, 0.3) is 0 Å². The molecule has 0 radical (unpaired) electrons. The lowest BCUT2D eigenvalue weighted by Crippen LogP contribution is -2.55. The lowest BCUT2D eigenvalue weighted by atomic mass is 10.1. The molecule has 5 heteroatoms. The molecule has 0 bridgehead atoms. The lowest BCUT2D eigenvalue weighted by Gasteiger charge is -2.39. The van der Waals surface area contributed by atoms with Crippen LogP contribution in [0.15, 0.2) is 24.3 Å². The Hall–Kier alpha value is -0.810.